The molecule has 0 aliphatic rings. The summed E-state index contributed by atoms with van der Waals surface area (Å²) in [7, 11) is 0. The fourth-order valence-corrected chi connectivity index (χ4v) is 18.0. The van der Waals surface area contributed by atoms with Crippen molar-refractivity contribution >= 4 is 3.66 Å². The van der Waals surface area contributed by atoms with Gasteiger partial charge in [0.1, 0.15) is 0 Å². The van der Waals surface area contributed by atoms with Crippen LogP contribution in [0.1, 0.15) is 27.7 Å². The van der Waals surface area contributed by atoms with Crippen LogP contribution in [0.2, 0.25) is 16.7 Å². The second-order valence-corrected chi connectivity index (χ2v) is 31.8. The Hall–Kier alpha value is 0.340. The minimum absolute atomic E-state index is 0.0852. The van der Waals surface area contributed by atoms with E-state index in [9.17, 15) is 4.79 Å². The van der Waals surface area contributed by atoms with Crippen molar-refractivity contribution in [1.29, 1.82) is 0 Å². The van der Waals surface area contributed by atoms with Crippen molar-refractivity contribution in [2.75, 3.05) is 0 Å². The van der Waals surface area contributed by atoms with E-state index < -0.39 is 18.5 Å². The maximum absolute atomic E-state index is 11.6. The molecule has 0 bridgehead atoms. The number of carbonyl (C=O) groups is 1. The second-order valence-electron chi connectivity index (χ2n) is 3.99. The van der Waals surface area contributed by atoms with E-state index in [-0.39, 0.29) is 3.66 Å². The third-order valence-electron chi connectivity index (χ3n) is 4.40. The van der Waals surface area contributed by atoms with Gasteiger partial charge >= 0.3 is 77.1 Å². The van der Waals surface area contributed by atoms with Gasteiger partial charge in [-0.15, -0.1) is 0 Å². The molecule has 0 aromatic carbocycles. The molecule has 0 saturated heterocycles. The van der Waals surface area contributed by atoms with Crippen molar-refractivity contribution < 1.29 is 23.3 Å². The first-order valence-electron chi connectivity index (χ1n) is 4.99. The second kappa shape index (κ2) is 4.03. The Kier molecular flexibility index (Phi) is 4.15. The van der Waals surface area contributed by atoms with Crippen LogP contribution < -0.4 is 5.73 Å². The average molecular weight is 339 g/mol. The van der Waals surface area contributed by atoms with Gasteiger partial charge in [-0.3, -0.25) is 0 Å². The van der Waals surface area contributed by atoms with Gasteiger partial charge in [-0.1, -0.05) is 0 Å². The van der Waals surface area contributed by atoms with Crippen LogP contribution in [-0.2, 0) is 18.5 Å². The summed E-state index contributed by atoms with van der Waals surface area (Å²) in [4.78, 5) is 11.6. The Morgan fingerprint density at radius 2 is 1.25 bits per heavy atom. The Morgan fingerprint density at radius 1 is 1.00 bits per heavy atom. The van der Waals surface area contributed by atoms with Crippen molar-refractivity contribution in [3.8, 4) is 0 Å². The van der Waals surface area contributed by atoms with E-state index in [1.807, 2.05) is 0 Å². The molecule has 0 aliphatic heterocycles. The summed E-state index contributed by atoms with van der Waals surface area (Å²) < 4.78 is 4.35. The molecule has 0 unspecified atom stereocenters. The summed E-state index contributed by atoms with van der Waals surface area (Å²) in [5.74, 6) is 0. The fraction of sp³-hybridized carbons (Fsp3) is 0.889. The van der Waals surface area contributed by atoms with Gasteiger partial charge in [0.25, 0.3) is 0 Å². The third-order valence-corrected chi connectivity index (χ3v) is 36.0. The molecule has 0 saturated carbocycles. The SMILES string of the molecule is C[CH2][Hf]([CH2]C)([CH2]C)([CH2]C)[C](N)=O. The molecule has 0 spiro atoms. The van der Waals surface area contributed by atoms with Gasteiger partial charge in [0.2, 0.25) is 0 Å². The molecule has 0 aromatic rings. The molecular weight excluding hydrogens is 317 g/mol. The van der Waals surface area contributed by atoms with Crippen LogP contribution in [0.5, 0.6) is 0 Å². The fourth-order valence-electron chi connectivity index (χ4n) is 2.20. The summed E-state index contributed by atoms with van der Waals surface area (Å²) in [6.45, 7) is 8.60. The number of carbonyl (C=O) groups excluding carboxylic acids is 1. The number of amides is 1. The molecule has 2 nitrogen and oxygen atoms in total. The number of hydrogen-bond acceptors (Lipinski definition) is 1. The molecule has 12 heavy (non-hydrogen) atoms. The molecule has 0 atom stereocenters. The Labute approximate surface area is 77.0 Å². The van der Waals surface area contributed by atoms with Gasteiger partial charge in [-0.25, -0.2) is 0 Å². The quantitative estimate of drug-likeness (QED) is 0.766. The molecule has 1 amide bonds. The first-order valence-corrected chi connectivity index (χ1v) is 16.9. The predicted molar refractivity (Wildman–Crippen MR) is 51.5 cm³/mol. The van der Waals surface area contributed by atoms with Crippen molar-refractivity contribution in [2.45, 2.75) is 44.4 Å². The zero-order valence-electron chi connectivity index (χ0n) is 8.81. The molecule has 0 radical (unpaired) electrons. The van der Waals surface area contributed by atoms with E-state index in [4.69, 9.17) is 5.73 Å². The van der Waals surface area contributed by atoms with Gasteiger partial charge in [0.15, 0.2) is 0 Å². The molecule has 0 fully saturated rings. The summed E-state index contributed by atoms with van der Waals surface area (Å²) in [6, 6.07) is 0. The normalized spacial score (nSPS) is 15.2. The third kappa shape index (κ3) is 1.52. The van der Waals surface area contributed by atoms with Crippen LogP contribution in [0.4, 0.5) is 4.79 Å². The van der Waals surface area contributed by atoms with Gasteiger partial charge in [0, 0.05) is 0 Å². The molecule has 0 aliphatic carbocycles. The Bertz CT molecular complexity index is 152. The first-order chi connectivity index (χ1) is 5.51. The molecule has 0 heterocycles. The number of rotatable bonds is 5. The van der Waals surface area contributed by atoms with E-state index in [0.29, 0.717) is 0 Å². The minimum atomic E-state index is -3.19. The number of hydrogen-bond donors (Lipinski definition) is 1. The van der Waals surface area contributed by atoms with Gasteiger partial charge in [-0.05, 0) is 0 Å². The molecule has 0 aromatic heterocycles. The van der Waals surface area contributed by atoms with Crippen LogP contribution in [0.3, 0.4) is 0 Å². The Balaban J connectivity index is 5.12. The topological polar surface area (TPSA) is 43.1 Å². The summed E-state index contributed by atoms with van der Waals surface area (Å²) >= 11 is -3.19. The van der Waals surface area contributed by atoms with E-state index in [1.54, 1.807) is 0 Å². The van der Waals surface area contributed by atoms with Gasteiger partial charge in [-0.2, -0.15) is 0 Å². The van der Waals surface area contributed by atoms with Crippen molar-refractivity contribution in [3.63, 3.8) is 0 Å². The van der Waals surface area contributed by atoms with Crippen LogP contribution in [0.15, 0.2) is 0 Å². The average Bonchev–Trinajstić information content (AvgIpc) is 2.10. The predicted octanol–water partition coefficient (Wildman–Crippen LogP) is 3.51. The maximum atomic E-state index is 11.6. The summed E-state index contributed by atoms with van der Waals surface area (Å²) in [5.41, 5.74) is 5.61. The monoisotopic (exact) mass is 340 g/mol. The van der Waals surface area contributed by atoms with E-state index in [1.165, 1.54) is 0 Å². The van der Waals surface area contributed by atoms with Crippen LogP contribution >= 0.6 is 0 Å². The van der Waals surface area contributed by atoms with Crippen LogP contribution in [-0.4, -0.2) is 3.66 Å². The first kappa shape index (κ1) is 12.3. The van der Waals surface area contributed by atoms with Crippen LogP contribution in [0, 0.1) is 0 Å². The van der Waals surface area contributed by atoms with Crippen molar-refractivity contribution in [1.82, 2.24) is 0 Å². The molecule has 0 rings (SSSR count). The zero-order chi connectivity index (χ0) is 9.85. The van der Waals surface area contributed by atoms with Crippen molar-refractivity contribution in [2.24, 2.45) is 5.73 Å². The number of primary amides is 1. The zero-order valence-corrected chi connectivity index (χ0v) is 12.4. The van der Waals surface area contributed by atoms with E-state index >= 15 is 0 Å². The van der Waals surface area contributed by atoms with Crippen molar-refractivity contribution in [3.05, 3.63) is 0 Å². The summed E-state index contributed by atoms with van der Waals surface area (Å²) in [6.07, 6.45) is 0. The molecule has 3 heteroatoms. The van der Waals surface area contributed by atoms with Crippen LogP contribution in [0.25, 0.3) is 0 Å². The van der Waals surface area contributed by atoms with E-state index in [2.05, 4.69) is 27.7 Å². The molecule has 2 N–H and O–H groups in total. The standard InChI is InChI=1S/4C2H5.CH2NO.Hf/c4*1-2;2-1-3;/h4*1H2,2H3;(H2,2,3);. The Morgan fingerprint density at radius 3 is 1.25 bits per heavy atom. The molecule has 73 valence electrons. The van der Waals surface area contributed by atoms with E-state index in [0.717, 1.165) is 16.7 Å². The number of nitrogens with two attached hydrogens (primary N) is 1. The van der Waals surface area contributed by atoms with Gasteiger partial charge < -0.3 is 0 Å². The van der Waals surface area contributed by atoms with Gasteiger partial charge in [0.05, 0.1) is 0 Å². The molecular formula is C9H22HfNO. The summed E-state index contributed by atoms with van der Waals surface area (Å²) in [5, 5.41) is 0.